The van der Waals surface area contributed by atoms with Crippen molar-refractivity contribution >= 4 is 5.91 Å². The van der Waals surface area contributed by atoms with E-state index in [0.717, 1.165) is 6.92 Å². The lowest BCUT2D eigenvalue weighted by molar-refractivity contribution is -0.351. The van der Waals surface area contributed by atoms with Gasteiger partial charge in [-0.15, -0.1) is 0 Å². The molecule has 1 amide bonds. The van der Waals surface area contributed by atoms with Crippen LogP contribution in [0.25, 0.3) is 0 Å². The van der Waals surface area contributed by atoms with Crippen LogP contribution in [0.5, 0.6) is 0 Å². The molecular weight excluding hydrogens is 478 g/mol. The topological polar surface area (TPSA) is 237 Å². The Balaban J connectivity index is 1.73. The number of aliphatic hydroxyl groups excluding tert-OH is 8. The largest absolute Gasteiger partial charge is 0.388 e. The first kappa shape index (κ1) is 28.5. The van der Waals surface area contributed by atoms with Gasteiger partial charge < -0.3 is 69.9 Å². The molecule has 0 saturated carbocycles. The second-order valence-electron chi connectivity index (χ2n) is 9.08. The fourth-order valence-corrected chi connectivity index (χ4v) is 4.24. The number of ether oxygens (including phenoxy) is 5. The maximum Gasteiger partial charge on any atom is 0.217 e. The molecule has 0 radical (unpaired) electrons. The van der Waals surface area contributed by atoms with Crippen molar-refractivity contribution in [2.75, 3.05) is 6.61 Å². The van der Waals surface area contributed by atoms with Gasteiger partial charge in [-0.3, -0.25) is 4.79 Å². The Morgan fingerprint density at radius 2 is 1.34 bits per heavy atom. The molecule has 3 saturated heterocycles. The Morgan fingerprint density at radius 1 is 0.743 bits per heavy atom. The summed E-state index contributed by atoms with van der Waals surface area (Å²) in [5.41, 5.74) is 0. The van der Waals surface area contributed by atoms with Gasteiger partial charge >= 0.3 is 0 Å². The third kappa shape index (κ3) is 6.10. The molecule has 15 heteroatoms. The smallest absolute Gasteiger partial charge is 0.217 e. The van der Waals surface area contributed by atoms with Crippen molar-refractivity contribution in [1.29, 1.82) is 0 Å². The minimum Gasteiger partial charge on any atom is -0.388 e. The minimum atomic E-state index is -1.69. The number of hydrogen-bond donors (Lipinski definition) is 9. The van der Waals surface area contributed by atoms with Crippen LogP contribution in [0.4, 0.5) is 0 Å². The minimum absolute atomic E-state index is 0.506. The molecule has 3 rings (SSSR count). The van der Waals surface area contributed by atoms with E-state index in [1.807, 2.05) is 0 Å². The molecule has 0 aromatic rings. The predicted molar refractivity (Wildman–Crippen MR) is 110 cm³/mol. The van der Waals surface area contributed by atoms with Crippen LogP contribution < -0.4 is 5.32 Å². The van der Waals surface area contributed by atoms with Crippen molar-refractivity contribution in [3.8, 4) is 0 Å². The van der Waals surface area contributed by atoms with Gasteiger partial charge in [0.1, 0.15) is 61.0 Å². The van der Waals surface area contributed by atoms with Gasteiger partial charge in [0.25, 0.3) is 0 Å². The molecule has 0 spiro atoms. The van der Waals surface area contributed by atoms with Crippen molar-refractivity contribution < 1.29 is 69.3 Å². The number of aliphatic hydroxyl groups is 8. The zero-order valence-electron chi connectivity index (χ0n) is 19.4. The first-order valence-electron chi connectivity index (χ1n) is 11.3. The maximum atomic E-state index is 11.7. The molecule has 15 atom stereocenters. The van der Waals surface area contributed by atoms with Crippen LogP contribution in [0.2, 0.25) is 0 Å². The monoisotopic (exact) mass is 513 g/mol. The van der Waals surface area contributed by atoms with Gasteiger partial charge in [0.05, 0.1) is 18.8 Å². The summed E-state index contributed by atoms with van der Waals surface area (Å²) in [5.74, 6) is -0.608. The van der Waals surface area contributed by atoms with E-state index < -0.39 is 105 Å². The molecule has 3 fully saturated rings. The summed E-state index contributed by atoms with van der Waals surface area (Å²) >= 11 is 0. The van der Waals surface area contributed by atoms with E-state index in [1.165, 1.54) is 13.8 Å². The number of amides is 1. The second kappa shape index (κ2) is 11.6. The summed E-state index contributed by atoms with van der Waals surface area (Å²) in [7, 11) is 0. The molecule has 9 N–H and O–H groups in total. The standard InChI is InChI=1S/C20H35NO14/c1-5-11(24)15(28)17(18(30)32-5)35-19-9(21-7(3)22)13(26)12(25)8(34-19)4-31-20-16(29)14(27)10(23)6(2)33-20/h5-6,8-20,23-30H,4H2,1-3H3,(H,21,22)/t5-,6-,8+,9+,10-,11-,12+,13+,14+,15+,16+,17+,18?,19-,20+/m0/s1. The van der Waals surface area contributed by atoms with E-state index in [4.69, 9.17) is 23.7 Å². The fraction of sp³-hybridized carbons (Fsp3) is 0.950. The molecule has 204 valence electrons. The highest BCUT2D eigenvalue weighted by Crippen LogP contribution is 2.29. The average molecular weight is 513 g/mol. The number of nitrogens with one attached hydrogen (secondary N) is 1. The van der Waals surface area contributed by atoms with E-state index in [0.29, 0.717) is 0 Å². The molecular formula is C20H35NO14. The highest BCUT2D eigenvalue weighted by Gasteiger charge is 2.51. The molecule has 15 nitrogen and oxygen atoms in total. The summed E-state index contributed by atoms with van der Waals surface area (Å²) in [6, 6.07) is -1.36. The quantitative estimate of drug-likeness (QED) is 0.161. The van der Waals surface area contributed by atoms with Crippen molar-refractivity contribution in [2.45, 2.75) is 113 Å². The van der Waals surface area contributed by atoms with Crippen LogP contribution in [-0.2, 0) is 28.5 Å². The van der Waals surface area contributed by atoms with Crippen LogP contribution in [0.3, 0.4) is 0 Å². The molecule has 35 heavy (non-hydrogen) atoms. The van der Waals surface area contributed by atoms with Gasteiger partial charge in [0.2, 0.25) is 5.91 Å². The second-order valence-corrected chi connectivity index (χ2v) is 9.08. The van der Waals surface area contributed by atoms with Gasteiger partial charge in [-0.05, 0) is 13.8 Å². The maximum absolute atomic E-state index is 11.7. The number of carbonyl (C=O) groups is 1. The molecule has 0 bridgehead atoms. The lowest BCUT2D eigenvalue weighted by Crippen LogP contribution is -2.67. The molecule has 0 aromatic carbocycles. The van der Waals surface area contributed by atoms with E-state index in [9.17, 15) is 45.6 Å². The average Bonchev–Trinajstić information content (AvgIpc) is 2.80. The van der Waals surface area contributed by atoms with Crippen LogP contribution in [-0.4, -0.2) is 145 Å². The van der Waals surface area contributed by atoms with Crippen molar-refractivity contribution in [2.24, 2.45) is 0 Å². The van der Waals surface area contributed by atoms with Crippen molar-refractivity contribution in [1.82, 2.24) is 5.32 Å². The zero-order valence-corrected chi connectivity index (χ0v) is 19.4. The van der Waals surface area contributed by atoms with Crippen molar-refractivity contribution in [3.05, 3.63) is 0 Å². The first-order chi connectivity index (χ1) is 16.3. The number of carbonyl (C=O) groups excluding carboxylic acids is 1. The van der Waals surface area contributed by atoms with Gasteiger partial charge in [-0.1, -0.05) is 0 Å². The van der Waals surface area contributed by atoms with Crippen LogP contribution >= 0.6 is 0 Å². The lowest BCUT2D eigenvalue weighted by Gasteiger charge is -2.46. The van der Waals surface area contributed by atoms with E-state index >= 15 is 0 Å². The molecule has 0 aromatic heterocycles. The first-order valence-corrected chi connectivity index (χ1v) is 11.3. The SMILES string of the molecule is CC(=O)N[C@H]1[C@H](O[C@H]2C(O)O[C@@H](C)[C@H](O)[C@H]2O)O[C@H](CO[C@@H]2O[C@@H](C)[C@H](O)[C@@H](O)[C@H]2O)[C@@H](O)[C@@H]1O. The van der Waals surface area contributed by atoms with Gasteiger partial charge in [-0.2, -0.15) is 0 Å². The predicted octanol–water partition coefficient (Wildman–Crippen LogP) is -5.37. The number of hydrogen-bond acceptors (Lipinski definition) is 14. The molecule has 0 aliphatic carbocycles. The summed E-state index contributed by atoms with van der Waals surface area (Å²) in [6.07, 6.45) is -20.2. The number of rotatable bonds is 6. The third-order valence-electron chi connectivity index (χ3n) is 6.40. The third-order valence-corrected chi connectivity index (χ3v) is 6.40. The zero-order chi connectivity index (χ0) is 26.2. The Hall–Kier alpha value is -1.05. The van der Waals surface area contributed by atoms with Gasteiger partial charge in [0, 0.05) is 6.92 Å². The lowest BCUT2D eigenvalue weighted by atomic mass is 9.95. The summed E-state index contributed by atoms with van der Waals surface area (Å²) < 4.78 is 27.1. The summed E-state index contributed by atoms with van der Waals surface area (Å²) in [6.45, 7) is 3.52. The summed E-state index contributed by atoms with van der Waals surface area (Å²) in [4.78, 5) is 11.7. The van der Waals surface area contributed by atoms with Crippen LogP contribution in [0.1, 0.15) is 20.8 Å². The Labute approximate surface area is 200 Å². The van der Waals surface area contributed by atoms with Crippen molar-refractivity contribution in [3.63, 3.8) is 0 Å². The van der Waals surface area contributed by atoms with E-state index in [-0.39, 0.29) is 0 Å². The fourth-order valence-electron chi connectivity index (χ4n) is 4.24. The molecule has 1 unspecified atom stereocenters. The molecule has 3 aliphatic rings. The Bertz CT molecular complexity index is 715. The van der Waals surface area contributed by atoms with Crippen LogP contribution in [0.15, 0.2) is 0 Å². The highest BCUT2D eigenvalue weighted by atomic mass is 16.7. The van der Waals surface area contributed by atoms with Gasteiger partial charge in [0.15, 0.2) is 18.9 Å². The molecule has 3 aliphatic heterocycles. The van der Waals surface area contributed by atoms with Crippen LogP contribution in [0, 0.1) is 0 Å². The van der Waals surface area contributed by atoms with E-state index in [1.54, 1.807) is 0 Å². The molecule has 3 heterocycles. The summed E-state index contributed by atoms with van der Waals surface area (Å²) in [5, 5.41) is 84.0. The Kier molecular flexibility index (Phi) is 9.42. The Morgan fingerprint density at radius 3 is 1.97 bits per heavy atom. The van der Waals surface area contributed by atoms with Gasteiger partial charge in [-0.25, -0.2) is 0 Å². The van der Waals surface area contributed by atoms with E-state index in [2.05, 4.69) is 5.32 Å². The highest BCUT2D eigenvalue weighted by molar-refractivity contribution is 5.73. The normalized spacial score (nSPS) is 51.1.